The highest BCUT2D eigenvalue weighted by Gasteiger charge is 2.16. The SMILES string of the molecule is Cc1ccc(NC(=O)c2cccnc2SCc2c(C)noc2C)cc1-n1nnnc1C. The van der Waals surface area contributed by atoms with Crippen LogP contribution in [0, 0.1) is 27.7 Å². The Bertz CT molecular complexity index is 1230. The second kappa shape index (κ2) is 8.68. The van der Waals surface area contributed by atoms with Gasteiger partial charge in [0.15, 0.2) is 5.82 Å². The summed E-state index contributed by atoms with van der Waals surface area (Å²) in [7, 11) is 0. The molecule has 0 aliphatic rings. The first-order valence-corrected chi connectivity index (χ1v) is 10.6. The number of carbonyl (C=O) groups is 1. The lowest BCUT2D eigenvalue weighted by atomic mass is 10.1. The lowest BCUT2D eigenvalue weighted by Gasteiger charge is -2.12. The molecule has 1 amide bonds. The van der Waals surface area contributed by atoms with Crippen molar-refractivity contribution in [2.45, 2.75) is 38.5 Å². The minimum atomic E-state index is -0.238. The van der Waals surface area contributed by atoms with E-state index in [9.17, 15) is 4.79 Å². The zero-order valence-electron chi connectivity index (χ0n) is 17.6. The fraction of sp³-hybridized carbons (Fsp3) is 0.238. The summed E-state index contributed by atoms with van der Waals surface area (Å²) in [6.45, 7) is 7.57. The van der Waals surface area contributed by atoms with E-state index in [2.05, 4.69) is 31.0 Å². The fourth-order valence-electron chi connectivity index (χ4n) is 3.10. The van der Waals surface area contributed by atoms with E-state index in [1.54, 1.807) is 23.0 Å². The largest absolute Gasteiger partial charge is 0.361 e. The average Bonchev–Trinajstić information content (AvgIpc) is 3.33. The molecule has 158 valence electrons. The lowest BCUT2D eigenvalue weighted by Crippen LogP contribution is -2.14. The molecule has 31 heavy (non-hydrogen) atoms. The molecule has 0 unspecified atom stereocenters. The Hall–Kier alpha value is -3.53. The molecule has 0 bridgehead atoms. The van der Waals surface area contributed by atoms with Crippen molar-refractivity contribution < 1.29 is 9.32 Å². The van der Waals surface area contributed by atoms with Gasteiger partial charge in [-0.25, -0.2) is 4.98 Å². The molecule has 0 saturated heterocycles. The molecular weight excluding hydrogens is 414 g/mol. The third-order valence-corrected chi connectivity index (χ3v) is 5.90. The Morgan fingerprint density at radius 1 is 1.19 bits per heavy atom. The molecule has 0 atom stereocenters. The number of thioether (sulfide) groups is 1. The highest BCUT2D eigenvalue weighted by Crippen LogP contribution is 2.28. The highest BCUT2D eigenvalue weighted by atomic mass is 32.2. The Morgan fingerprint density at radius 2 is 2.03 bits per heavy atom. The second-order valence-corrected chi connectivity index (χ2v) is 8.00. The number of carbonyl (C=O) groups excluding carboxylic acids is 1. The van der Waals surface area contributed by atoms with E-state index < -0.39 is 0 Å². The number of rotatable bonds is 6. The van der Waals surface area contributed by atoms with Gasteiger partial charge < -0.3 is 9.84 Å². The third-order valence-electron chi connectivity index (χ3n) is 4.87. The van der Waals surface area contributed by atoms with Gasteiger partial charge in [0.05, 0.1) is 16.9 Å². The number of nitrogens with zero attached hydrogens (tertiary/aromatic N) is 6. The van der Waals surface area contributed by atoms with Gasteiger partial charge in [-0.2, -0.15) is 4.68 Å². The van der Waals surface area contributed by atoms with Crippen molar-refractivity contribution in [3.05, 3.63) is 70.5 Å². The number of pyridine rings is 1. The van der Waals surface area contributed by atoms with Gasteiger partial charge >= 0.3 is 0 Å². The number of aryl methyl sites for hydroxylation is 4. The number of hydrogen-bond acceptors (Lipinski definition) is 8. The van der Waals surface area contributed by atoms with Gasteiger partial charge in [-0.15, -0.1) is 16.9 Å². The molecule has 1 aromatic carbocycles. The van der Waals surface area contributed by atoms with Crippen LogP contribution in [0.3, 0.4) is 0 Å². The summed E-state index contributed by atoms with van der Waals surface area (Å²) >= 11 is 1.47. The van der Waals surface area contributed by atoms with E-state index in [4.69, 9.17) is 4.52 Å². The minimum absolute atomic E-state index is 0.238. The maximum atomic E-state index is 13.0. The van der Waals surface area contributed by atoms with Crippen LogP contribution in [0.1, 0.15) is 38.8 Å². The second-order valence-electron chi connectivity index (χ2n) is 7.04. The molecule has 0 saturated carbocycles. The molecule has 0 fully saturated rings. The van der Waals surface area contributed by atoms with Gasteiger partial charge in [0.25, 0.3) is 5.91 Å². The van der Waals surface area contributed by atoms with Crippen molar-refractivity contribution in [1.82, 2.24) is 30.3 Å². The Labute approximate surface area is 183 Å². The van der Waals surface area contributed by atoms with Crippen molar-refractivity contribution in [2.24, 2.45) is 0 Å². The fourth-order valence-corrected chi connectivity index (χ4v) is 4.24. The van der Waals surface area contributed by atoms with Gasteiger partial charge in [-0.05, 0) is 68.0 Å². The molecule has 0 radical (unpaired) electrons. The predicted octanol–water partition coefficient (Wildman–Crippen LogP) is 3.82. The number of benzene rings is 1. The van der Waals surface area contributed by atoms with E-state index in [1.165, 1.54) is 11.8 Å². The quantitative estimate of drug-likeness (QED) is 0.455. The summed E-state index contributed by atoms with van der Waals surface area (Å²) < 4.78 is 6.86. The number of tetrazole rings is 1. The number of anilines is 1. The van der Waals surface area contributed by atoms with Crippen molar-refractivity contribution in [3.63, 3.8) is 0 Å². The summed E-state index contributed by atoms with van der Waals surface area (Å²) in [6.07, 6.45) is 1.68. The van der Waals surface area contributed by atoms with Crippen molar-refractivity contribution >= 4 is 23.4 Å². The molecule has 1 N–H and O–H groups in total. The summed E-state index contributed by atoms with van der Waals surface area (Å²) in [5.41, 5.74) is 4.80. The Kier molecular flexibility index (Phi) is 5.81. The molecule has 10 heteroatoms. The summed E-state index contributed by atoms with van der Waals surface area (Å²) in [5.74, 6) is 1.82. The summed E-state index contributed by atoms with van der Waals surface area (Å²) in [5, 5.41) is 19.2. The van der Waals surface area contributed by atoms with Crippen LogP contribution in [0.15, 0.2) is 46.1 Å². The third kappa shape index (κ3) is 4.33. The Morgan fingerprint density at radius 3 is 2.74 bits per heavy atom. The van der Waals surface area contributed by atoms with Crippen LogP contribution in [-0.4, -0.2) is 36.3 Å². The van der Waals surface area contributed by atoms with E-state index in [0.717, 1.165) is 28.3 Å². The van der Waals surface area contributed by atoms with Gasteiger partial charge in [-0.3, -0.25) is 4.79 Å². The summed E-state index contributed by atoms with van der Waals surface area (Å²) in [4.78, 5) is 17.4. The average molecular weight is 436 g/mol. The van der Waals surface area contributed by atoms with Gasteiger partial charge in [-0.1, -0.05) is 11.2 Å². The van der Waals surface area contributed by atoms with E-state index in [1.807, 2.05) is 45.9 Å². The number of hydrogen-bond donors (Lipinski definition) is 1. The molecule has 0 aliphatic carbocycles. The van der Waals surface area contributed by atoms with Crippen LogP contribution in [0.5, 0.6) is 0 Å². The normalized spacial score (nSPS) is 11.0. The number of nitrogens with one attached hydrogen (secondary N) is 1. The smallest absolute Gasteiger partial charge is 0.258 e. The molecule has 4 rings (SSSR count). The Balaban J connectivity index is 1.55. The molecule has 4 aromatic rings. The van der Waals surface area contributed by atoms with Crippen LogP contribution in [0.25, 0.3) is 5.69 Å². The van der Waals surface area contributed by atoms with E-state index in [0.29, 0.717) is 27.9 Å². The lowest BCUT2D eigenvalue weighted by molar-refractivity contribution is 0.102. The minimum Gasteiger partial charge on any atom is -0.361 e. The van der Waals surface area contributed by atoms with E-state index in [-0.39, 0.29) is 5.91 Å². The number of aromatic nitrogens is 6. The van der Waals surface area contributed by atoms with Crippen LogP contribution >= 0.6 is 11.8 Å². The van der Waals surface area contributed by atoms with Crippen LogP contribution < -0.4 is 5.32 Å². The first-order chi connectivity index (χ1) is 14.9. The van der Waals surface area contributed by atoms with Crippen molar-refractivity contribution in [3.8, 4) is 5.69 Å². The molecule has 3 heterocycles. The van der Waals surface area contributed by atoms with Crippen molar-refractivity contribution in [2.75, 3.05) is 5.32 Å². The van der Waals surface area contributed by atoms with E-state index >= 15 is 0 Å². The maximum Gasteiger partial charge on any atom is 0.258 e. The van der Waals surface area contributed by atoms with Gasteiger partial charge in [0.2, 0.25) is 0 Å². The summed E-state index contributed by atoms with van der Waals surface area (Å²) in [6, 6.07) is 9.13. The highest BCUT2D eigenvalue weighted by molar-refractivity contribution is 7.98. The zero-order valence-corrected chi connectivity index (χ0v) is 18.4. The van der Waals surface area contributed by atoms with Crippen molar-refractivity contribution in [1.29, 1.82) is 0 Å². The number of amides is 1. The van der Waals surface area contributed by atoms with Gasteiger partial charge in [0, 0.05) is 23.2 Å². The monoisotopic (exact) mass is 435 g/mol. The molecule has 9 nitrogen and oxygen atoms in total. The molecular formula is C21H21N7O2S. The van der Waals surface area contributed by atoms with Crippen LogP contribution in [0.2, 0.25) is 0 Å². The maximum absolute atomic E-state index is 13.0. The van der Waals surface area contributed by atoms with Crippen LogP contribution in [-0.2, 0) is 5.75 Å². The van der Waals surface area contributed by atoms with Crippen LogP contribution in [0.4, 0.5) is 5.69 Å². The zero-order chi connectivity index (χ0) is 22.0. The van der Waals surface area contributed by atoms with Gasteiger partial charge in [0.1, 0.15) is 10.8 Å². The first kappa shape index (κ1) is 20.7. The molecule has 0 spiro atoms. The molecule has 0 aliphatic heterocycles. The topological polar surface area (TPSA) is 112 Å². The standard InChI is InChI=1S/C21H21N7O2S/c1-12-7-8-16(10-19(12)28-15(4)24-26-27-28)23-20(29)17-6-5-9-22-21(17)31-11-18-13(2)25-30-14(18)3/h5-10H,11H2,1-4H3,(H,23,29). The molecule has 3 aromatic heterocycles. The predicted molar refractivity (Wildman–Crippen MR) is 116 cm³/mol. The first-order valence-electron chi connectivity index (χ1n) is 9.61.